The van der Waals surface area contributed by atoms with Gasteiger partial charge >= 0.3 is 5.97 Å². The van der Waals surface area contributed by atoms with Crippen molar-refractivity contribution in [2.75, 3.05) is 7.11 Å². The second-order valence-corrected chi connectivity index (χ2v) is 4.80. The van der Waals surface area contributed by atoms with Gasteiger partial charge in [0.25, 0.3) is 0 Å². The Hall–Kier alpha value is -0.830. The number of esters is 1. The van der Waals surface area contributed by atoms with E-state index in [1.54, 1.807) is 0 Å². The normalized spacial score (nSPS) is 23.6. The lowest BCUT2D eigenvalue weighted by Gasteiger charge is -2.38. The van der Waals surface area contributed by atoms with E-state index in [1.807, 2.05) is 0 Å². The van der Waals surface area contributed by atoms with Crippen molar-refractivity contribution in [1.29, 1.82) is 0 Å². The van der Waals surface area contributed by atoms with Crippen LogP contribution >= 0.6 is 0 Å². The van der Waals surface area contributed by atoms with Crippen LogP contribution in [0.2, 0.25) is 0 Å². The van der Waals surface area contributed by atoms with Gasteiger partial charge in [-0.2, -0.15) is 0 Å². The summed E-state index contributed by atoms with van der Waals surface area (Å²) < 4.78 is 4.71. The molecule has 1 aliphatic carbocycles. The predicted molar refractivity (Wildman–Crippen MR) is 60.3 cm³/mol. The van der Waals surface area contributed by atoms with Gasteiger partial charge in [0, 0.05) is 0 Å². The summed E-state index contributed by atoms with van der Waals surface area (Å²) in [7, 11) is 1.39. The van der Waals surface area contributed by atoms with Crippen molar-refractivity contribution in [3.05, 3.63) is 12.2 Å². The zero-order chi connectivity index (χ0) is 11.5. The Morgan fingerprint density at radius 1 is 1.53 bits per heavy atom. The molecule has 0 saturated heterocycles. The zero-order valence-electron chi connectivity index (χ0n) is 9.82. The fourth-order valence-corrected chi connectivity index (χ4v) is 2.15. The van der Waals surface area contributed by atoms with Crippen LogP contribution in [-0.2, 0) is 9.53 Å². The number of rotatable bonds is 3. The molecule has 0 aromatic rings. The molecule has 86 valence electrons. The van der Waals surface area contributed by atoms with Crippen molar-refractivity contribution >= 4 is 5.97 Å². The average molecular weight is 211 g/mol. The first-order valence-corrected chi connectivity index (χ1v) is 5.48. The van der Waals surface area contributed by atoms with Crippen LogP contribution in [0.25, 0.3) is 0 Å². The van der Waals surface area contributed by atoms with Gasteiger partial charge in [-0.25, -0.2) is 0 Å². The van der Waals surface area contributed by atoms with E-state index in [0.29, 0.717) is 5.92 Å². The maximum absolute atomic E-state index is 11.4. The maximum Gasteiger partial charge on any atom is 0.323 e. The molecule has 3 heteroatoms. The average Bonchev–Trinajstić information content (AvgIpc) is 2.28. The van der Waals surface area contributed by atoms with Crippen LogP contribution in [0.4, 0.5) is 0 Å². The minimum absolute atomic E-state index is 0.197. The van der Waals surface area contributed by atoms with E-state index in [-0.39, 0.29) is 11.4 Å². The van der Waals surface area contributed by atoms with E-state index < -0.39 is 6.04 Å². The molecule has 0 spiro atoms. The molecule has 2 N–H and O–H groups in total. The molecule has 0 aromatic heterocycles. The van der Waals surface area contributed by atoms with Gasteiger partial charge in [0.1, 0.15) is 6.04 Å². The van der Waals surface area contributed by atoms with Gasteiger partial charge in [0.05, 0.1) is 7.11 Å². The molecule has 1 aliphatic rings. The van der Waals surface area contributed by atoms with Gasteiger partial charge in [-0.05, 0) is 30.6 Å². The Morgan fingerprint density at radius 3 is 2.67 bits per heavy atom. The highest BCUT2D eigenvalue weighted by molar-refractivity contribution is 5.76. The van der Waals surface area contributed by atoms with Crippen LogP contribution in [0, 0.1) is 11.3 Å². The summed E-state index contributed by atoms with van der Waals surface area (Å²) in [4.78, 5) is 11.4. The summed E-state index contributed by atoms with van der Waals surface area (Å²) in [6, 6.07) is -0.529. The second-order valence-electron chi connectivity index (χ2n) is 4.80. The third-order valence-electron chi connectivity index (χ3n) is 3.58. The first-order chi connectivity index (χ1) is 7.00. The molecule has 0 saturated carbocycles. The third-order valence-corrected chi connectivity index (χ3v) is 3.58. The Labute approximate surface area is 91.7 Å². The molecule has 0 fully saturated rings. The zero-order valence-corrected chi connectivity index (χ0v) is 9.82. The highest BCUT2D eigenvalue weighted by atomic mass is 16.5. The Morgan fingerprint density at radius 2 is 2.20 bits per heavy atom. The van der Waals surface area contributed by atoms with E-state index in [4.69, 9.17) is 10.5 Å². The van der Waals surface area contributed by atoms with Crippen molar-refractivity contribution in [2.24, 2.45) is 17.1 Å². The fourth-order valence-electron chi connectivity index (χ4n) is 2.15. The third kappa shape index (κ3) is 2.59. The summed E-state index contributed by atoms with van der Waals surface area (Å²) in [5, 5.41) is 0. The summed E-state index contributed by atoms with van der Waals surface area (Å²) in [5.41, 5.74) is 5.74. The number of nitrogens with two attached hydrogens (primary N) is 1. The van der Waals surface area contributed by atoms with Crippen LogP contribution in [0.15, 0.2) is 12.2 Å². The molecule has 15 heavy (non-hydrogen) atoms. The topological polar surface area (TPSA) is 52.3 Å². The fraction of sp³-hybridized carbons (Fsp3) is 0.750. The minimum Gasteiger partial charge on any atom is -0.468 e. The first-order valence-electron chi connectivity index (χ1n) is 5.48. The SMILES string of the molecule is COC(=O)C(N)C(C)(C)C1CC=CCC1. The summed E-state index contributed by atoms with van der Waals surface area (Å²) in [6.45, 7) is 4.11. The number of carbonyl (C=O) groups excluding carboxylic acids is 1. The molecule has 0 radical (unpaired) electrons. The van der Waals surface area contributed by atoms with Gasteiger partial charge in [-0.15, -0.1) is 0 Å². The Bertz CT molecular complexity index is 258. The highest BCUT2D eigenvalue weighted by Crippen LogP contribution is 2.38. The molecule has 0 aromatic carbocycles. The van der Waals surface area contributed by atoms with Gasteiger partial charge in [0.15, 0.2) is 0 Å². The summed E-state index contributed by atoms with van der Waals surface area (Å²) in [5.74, 6) is 0.158. The van der Waals surface area contributed by atoms with E-state index in [2.05, 4.69) is 26.0 Å². The van der Waals surface area contributed by atoms with Crippen LogP contribution < -0.4 is 5.73 Å². The van der Waals surface area contributed by atoms with Gasteiger partial charge in [-0.3, -0.25) is 4.79 Å². The van der Waals surface area contributed by atoms with E-state index in [1.165, 1.54) is 7.11 Å². The van der Waals surface area contributed by atoms with Crippen LogP contribution in [0.5, 0.6) is 0 Å². The molecule has 2 atom stereocenters. The van der Waals surface area contributed by atoms with Gasteiger partial charge in [0.2, 0.25) is 0 Å². The molecule has 0 aliphatic heterocycles. The van der Waals surface area contributed by atoms with E-state index in [9.17, 15) is 4.79 Å². The number of hydrogen-bond acceptors (Lipinski definition) is 3. The highest BCUT2D eigenvalue weighted by Gasteiger charge is 2.39. The Kier molecular flexibility index (Phi) is 3.91. The molecular weight excluding hydrogens is 190 g/mol. The standard InChI is InChI=1S/C12H21NO2/c1-12(2,10(13)11(14)15-3)9-7-5-4-6-8-9/h4-5,9-10H,6-8,13H2,1-3H3. The molecule has 1 rings (SSSR count). The molecular formula is C12H21NO2. The first kappa shape index (κ1) is 12.2. The van der Waals surface area contributed by atoms with Crippen molar-refractivity contribution in [1.82, 2.24) is 0 Å². The molecule has 0 bridgehead atoms. The van der Waals surface area contributed by atoms with E-state index in [0.717, 1.165) is 19.3 Å². The van der Waals surface area contributed by atoms with Crippen LogP contribution in [0.3, 0.4) is 0 Å². The van der Waals surface area contributed by atoms with Crippen LogP contribution in [0.1, 0.15) is 33.1 Å². The molecule has 0 heterocycles. The molecule has 0 amide bonds. The van der Waals surface area contributed by atoms with E-state index >= 15 is 0 Å². The van der Waals surface area contributed by atoms with Gasteiger partial charge in [-0.1, -0.05) is 26.0 Å². The number of ether oxygens (including phenoxy) is 1. The van der Waals surface area contributed by atoms with Crippen molar-refractivity contribution < 1.29 is 9.53 Å². The predicted octanol–water partition coefficient (Wildman–Crippen LogP) is 1.87. The number of methoxy groups -OCH3 is 1. The maximum atomic E-state index is 11.4. The second kappa shape index (κ2) is 4.79. The molecule has 3 nitrogen and oxygen atoms in total. The monoisotopic (exact) mass is 211 g/mol. The number of allylic oxidation sites excluding steroid dienone is 2. The summed E-state index contributed by atoms with van der Waals surface area (Å²) >= 11 is 0. The summed E-state index contributed by atoms with van der Waals surface area (Å²) in [6.07, 6.45) is 7.57. The lowest BCUT2D eigenvalue weighted by molar-refractivity contribution is -0.146. The number of carbonyl (C=O) groups is 1. The number of hydrogen-bond donors (Lipinski definition) is 1. The van der Waals surface area contributed by atoms with Crippen molar-refractivity contribution in [3.8, 4) is 0 Å². The van der Waals surface area contributed by atoms with Crippen molar-refractivity contribution in [3.63, 3.8) is 0 Å². The minimum atomic E-state index is -0.529. The quantitative estimate of drug-likeness (QED) is 0.572. The smallest absolute Gasteiger partial charge is 0.323 e. The Balaban J connectivity index is 2.71. The molecule has 2 unspecified atom stereocenters. The lowest BCUT2D eigenvalue weighted by Crippen LogP contribution is -2.48. The largest absolute Gasteiger partial charge is 0.468 e. The lowest BCUT2D eigenvalue weighted by atomic mass is 9.68. The van der Waals surface area contributed by atoms with Crippen LogP contribution in [-0.4, -0.2) is 19.1 Å². The van der Waals surface area contributed by atoms with Gasteiger partial charge < -0.3 is 10.5 Å². The van der Waals surface area contributed by atoms with Crippen molar-refractivity contribution in [2.45, 2.75) is 39.2 Å².